The monoisotopic (exact) mass is 303 g/mol. The molecule has 0 amide bonds. The van der Waals surface area contributed by atoms with Gasteiger partial charge in [0.05, 0.1) is 24.3 Å². The summed E-state index contributed by atoms with van der Waals surface area (Å²) in [6, 6.07) is 2.52. The van der Waals surface area contributed by atoms with Crippen LogP contribution in [-0.4, -0.2) is 13.1 Å². The molecule has 1 atom stereocenters. The highest BCUT2D eigenvalue weighted by Crippen LogP contribution is 2.37. The Morgan fingerprint density at radius 2 is 2.11 bits per heavy atom. The van der Waals surface area contributed by atoms with E-state index in [1.165, 1.54) is 13.2 Å². The van der Waals surface area contributed by atoms with Crippen molar-refractivity contribution in [2.45, 2.75) is 19.4 Å². The fourth-order valence-electron chi connectivity index (χ4n) is 1.51. The Morgan fingerprint density at radius 1 is 1.47 bits per heavy atom. The maximum absolute atomic E-state index is 11.3. The topological polar surface area (TPSA) is 61.5 Å². The third-order valence-electron chi connectivity index (χ3n) is 2.33. The molecule has 1 rings (SSSR count). The van der Waals surface area contributed by atoms with E-state index in [4.69, 9.17) is 33.7 Å². The van der Waals surface area contributed by atoms with E-state index < -0.39 is 12.0 Å². The molecule has 6 heteroatoms. The second-order valence-corrected chi connectivity index (χ2v) is 4.84. The fourth-order valence-corrected chi connectivity index (χ4v) is 2.06. The molecule has 4 nitrogen and oxygen atoms in total. The van der Waals surface area contributed by atoms with E-state index in [0.29, 0.717) is 27.1 Å². The smallest absolute Gasteiger partial charge is 0.307 e. The molecule has 0 aliphatic heterocycles. The molecule has 0 aliphatic rings. The summed E-state index contributed by atoms with van der Waals surface area (Å²) in [6.07, 6.45) is -0.000276. The van der Waals surface area contributed by atoms with Crippen LogP contribution >= 0.6 is 23.2 Å². The molecule has 1 aromatic carbocycles. The van der Waals surface area contributed by atoms with Crippen molar-refractivity contribution in [1.29, 1.82) is 0 Å². The number of hydrogen-bond donors (Lipinski definition) is 1. The number of halogens is 2. The summed E-state index contributed by atoms with van der Waals surface area (Å²) in [5, 5.41) is 0.722. The van der Waals surface area contributed by atoms with Crippen LogP contribution in [0.3, 0.4) is 0 Å². The van der Waals surface area contributed by atoms with Crippen LogP contribution in [-0.2, 0) is 9.53 Å². The number of methoxy groups -OCH3 is 1. The van der Waals surface area contributed by atoms with Crippen LogP contribution in [0.5, 0.6) is 5.75 Å². The number of esters is 1. The lowest BCUT2D eigenvalue weighted by molar-refractivity contribution is -0.141. The van der Waals surface area contributed by atoms with Crippen LogP contribution in [0.4, 0.5) is 0 Å². The second-order valence-electron chi connectivity index (χ2n) is 4.00. The summed E-state index contributed by atoms with van der Waals surface area (Å²) in [6.45, 7) is 5.33. The third-order valence-corrected chi connectivity index (χ3v) is 2.83. The van der Waals surface area contributed by atoms with Crippen molar-refractivity contribution >= 4 is 29.2 Å². The molecule has 0 spiro atoms. The van der Waals surface area contributed by atoms with Crippen molar-refractivity contribution in [3.63, 3.8) is 0 Å². The summed E-state index contributed by atoms with van der Waals surface area (Å²) in [4.78, 5) is 11.3. The van der Waals surface area contributed by atoms with Crippen molar-refractivity contribution in [2.75, 3.05) is 7.11 Å². The molecule has 1 unspecified atom stereocenters. The highest BCUT2D eigenvalue weighted by Gasteiger charge is 2.20. The van der Waals surface area contributed by atoms with E-state index in [2.05, 4.69) is 11.3 Å². The Balaban J connectivity index is 3.15. The Morgan fingerprint density at radius 3 is 2.63 bits per heavy atom. The molecule has 0 aromatic heterocycles. The highest BCUT2D eigenvalue weighted by molar-refractivity contribution is 6.35. The quantitative estimate of drug-likeness (QED) is 0.668. The third kappa shape index (κ3) is 4.42. The summed E-state index contributed by atoms with van der Waals surface area (Å²) in [7, 11) is 1.30. The Kier molecular flexibility index (Phi) is 5.66. The molecule has 1 aromatic rings. The van der Waals surface area contributed by atoms with Gasteiger partial charge in [0, 0.05) is 16.6 Å². The Hall–Kier alpha value is -1.23. The first-order valence-corrected chi connectivity index (χ1v) is 6.25. The van der Waals surface area contributed by atoms with Crippen LogP contribution in [0.2, 0.25) is 10.0 Å². The number of allylic oxidation sites excluding steroid dienone is 1. The van der Waals surface area contributed by atoms with Crippen LogP contribution in [0, 0.1) is 0 Å². The molecule has 0 heterocycles. The summed E-state index contributed by atoms with van der Waals surface area (Å²) in [5.41, 5.74) is 6.49. The minimum absolute atomic E-state index is 0.000276. The van der Waals surface area contributed by atoms with Crippen LogP contribution < -0.4 is 10.5 Å². The lowest BCUT2D eigenvalue weighted by Gasteiger charge is -2.17. The first kappa shape index (κ1) is 15.8. The van der Waals surface area contributed by atoms with Gasteiger partial charge in [-0.25, -0.2) is 0 Å². The SMILES string of the molecule is C=C(C)Oc1c(Cl)cc(Cl)cc1C(N)CC(=O)OC. The average molecular weight is 304 g/mol. The van der Waals surface area contributed by atoms with Crippen molar-refractivity contribution in [3.8, 4) is 5.75 Å². The van der Waals surface area contributed by atoms with Crippen LogP contribution in [0.25, 0.3) is 0 Å². The van der Waals surface area contributed by atoms with Gasteiger partial charge < -0.3 is 15.2 Å². The second kappa shape index (κ2) is 6.80. The summed E-state index contributed by atoms with van der Waals surface area (Å²) in [5.74, 6) is 0.385. The molecule has 0 fully saturated rings. The number of ether oxygens (including phenoxy) is 2. The lowest BCUT2D eigenvalue weighted by atomic mass is 10.0. The molecular weight excluding hydrogens is 289 g/mol. The first-order valence-electron chi connectivity index (χ1n) is 5.49. The number of rotatable bonds is 5. The average Bonchev–Trinajstić information content (AvgIpc) is 2.31. The summed E-state index contributed by atoms with van der Waals surface area (Å²) < 4.78 is 10.0. The van der Waals surface area contributed by atoms with Crippen molar-refractivity contribution in [1.82, 2.24) is 0 Å². The number of carbonyl (C=O) groups excluding carboxylic acids is 1. The zero-order valence-electron chi connectivity index (χ0n) is 10.7. The minimum Gasteiger partial charge on any atom is -0.469 e. The van der Waals surface area contributed by atoms with E-state index in [9.17, 15) is 4.79 Å². The number of carbonyl (C=O) groups is 1. The van der Waals surface area contributed by atoms with Gasteiger partial charge in [0.1, 0.15) is 5.75 Å². The standard InChI is InChI=1S/C13H15Cl2NO3/c1-7(2)19-13-9(4-8(14)5-10(13)15)11(16)6-12(17)18-3/h4-5,11H,1,6,16H2,2-3H3. The van der Waals surface area contributed by atoms with E-state index in [1.807, 2.05) is 0 Å². The molecule has 0 saturated heterocycles. The van der Waals surface area contributed by atoms with Gasteiger partial charge in [-0.05, 0) is 19.1 Å². The predicted octanol–water partition coefficient (Wildman–Crippen LogP) is 3.47. The van der Waals surface area contributed by atoms with E-state index in [1.54, 1.807) is 13.0 Å². The van der Waals surface area contributed by atoms with Crippen molar-refractivity contribution < 1.29 is 14.3 Å². The Bertz CT molecular complexity index is 503. The van der Waals surface area contributed by atoms with Gasteiger partial charge >= 0.3 is 5.97 Å². The lowest BCUT2D eigenvalue weighted by Crippen LogP contribution is -2.17. The van der Waals surface area contributed by atoms with E-state index in [0.717, 1.165) is 0 Å². The van der Waals surface area contributed by atoms with Crippen LogP contribution in [0.1, 0.15) is 24.9 Å². The highest BCUT2D eigenvalue weighted by atomic mass is 35.5. The van der Waals surface area contributed by atoms with Gasteiger partial charge in [0.2, 0.25) is 0 Å². The molecule has 2 N–H and O–H groups in total. The zero-order valence-corrected chi connectivity index (χ0v) is 12.2. The van der Waals surface area contributed by atoms with Gasteiger partial charge in [-0.3, -0.25) is 4.79 Å². The van der Waals surface area contributed by atoms with Gasteiger partial charge in [0.25, 0.3) is 0 Å². The molecule has 0 radical (unpaired) electrons. The molecule has 0 saturated carbocycles. The van der Waals surface area contributed by atoms with Crippen molar-refractivity contribution in [3.05, 3.63) is 40.1 Å². The molecule has 0 bridgehead atoms. The number of nitrogens with two attached hydrogens (primary N) is 1. The van der Waals surface area contributed by atoms with Crippen molar-refractivity contribution in [2.24, 2.45) is 5.73 Å². The number of hydrogen-bond acceptors (Lipinski definition) is 4. The molecular formula is C13H15Cl2NO3. The predicted molar refractivity (Wildman–Crippen MR) is 75.5 cm³/mol. The van der Waals surface area contributed by atoms with Gasteiger partial charge in [-0.2, -0.15) is 0 Å². The van der Waals surface area contributed by atoms with Gasteiger partial charge in [-0.15, -0.1) is 0 Å². The molecule has 19 heavy (non-hydrogen) atoms. The first-order chi connectivity index (χ1) is 8.85. The zero-order chi connectivity index (χ0) is 14.6. The maximum atomic E-state index is 11.3. The van der Waals surface area contributed by atoms with Gasteiger partial charge in [0.15, 0.2) is 0 Å². The van der Waals surface area contributed by atoms with E-state index >= 15 is 0 Å². The maximum Gasteiger partial charge on any atom is 0.307 e. The molecule has 104 valence electrons. The largest absolute Gasteiger partial charge is 0.469 e. The minimum atomic E-state index is -0.627. The Labute approximate surface area is 122 Å². The normalized spacial score (nSPS) is 11.8. The summed E-state index contributed by atoms with van der Waals surface area (Å²) >= 11 is 12.0. The van der Waals surface area contributed by atoms with E-state index in [-0.39, 0.29) is 6.42 Å². The van der Waals surface area contributed by atoms with Crippen LogP contribution in [0.15, 0.2) is 24.5 Å². The fraction of sp³-hybridized carbons (Fsp3) is 0.308. The van der Waals surface area contributed by atoms with Gasteiger partial charge in [-0.1, -0.05) is 29.8 Å². The number of benzene rings is 1. The molecule has 0 aliphatic carbocycles.